The van der Waals surface area contributed by atoms with Crippen molar-refractivity contribution in [3.05, 3.63) is 64.4 Å². The summed E-state index contributed by atoms with van der Waals surface area (Å²) in [7, 11) is 3.72. The summed E-state index contributed by atoms with van der Waals surface area (Å²) < 4.78 is 7.22. The second-order valence-electron chi connectivity index (χ2n) is 6.71. The molecule has 2 aromatic heterocycles. The molecule has 0 aliphatic heterocycles. The number of aliphatic imine (C=N–C) groups is 1. The van der Waals surface area contributed by atoms with Gasteiger partial charge in [-0.3, -0.25) is 0 Å². The highest BCUT2D eigenvalue weighted by Gasteiger charge is 2.13. The number of thiazole rings is 1. The van der Waals surface area contributed by atoms with E-state index in [0.29, 0.717) is 13.1 Å². The summed E-state index contributed by atoms with van der Waals surface area (Å²) in [5.74, 6) is 0.842. The number of guanidine groups is 1. The molecule has 154 valence electrons. The fourth-order valence-electron chi connectivity index (χ4n) is 2.80. The predicted molar refractivity (Wildman–Crippen MR) is 117 cm³/mol. The van der Waals surface area contributed by atoms with Gasteiger partial charge in [0.05, 0.1) is 30.7 Å². The summed E-state index contributed by atoms with van der Waals surface area (Å²) >= 11 is 1.63. The highest BCUT2D eigenvalue weighted by molar-refractivity contribution is 7.09. The molecule has 0 saturated heterocycles. The third-order valence-corrected chi connectivity index (χ3v) is 5.49. The molecule has 1 unspecified atom stereocenters. The van der Waals surface area contributed by atoms with E-state index in [0.717, 1.165) is 34.5 Å². The van der Waals surface area contributed by atoms with Gasteiger partial charge in [-0.15, -0.1) is 11.3 Å². The second kappa shape index (κ2) is 10.2. The van der Waals surface area contributed by atoms with Gasteiger partial charge in [-0.05, 0) is 26.0 Å². The van der Waals surface area contributed by atoms with E-state index in [1.54, 1.807) is 18.4 Å². The highest BCUT2D eigenvalue weighted by atomic mass is 32.1. The standard InChI is InChI=1S/C21H28N6OS/c1-5-22-21(26(3)14-18-15-29-20(25-18)16(2)28-4)23-11-17-12-24-27(13-17)19-9-7-6-8-10-19/h6-10,12-13,15-16H,5,11,14H2,1-4H3,(H,22,23). The van der Waals surface area contributed by atoms with E-state index < -0.39 is 0 Å². The average Bonchev–Trinajstić information content (AvgIpc) is 3.41. The minimum absolute atomic E-state index is 0.0158. The van der Waals surface area contributed by atoms with Crippen LogP contribution in [0.2, 0.25) is 0 Å². The van der Waals surface area contributed by atoms with Crippen LogP contribution in [0.4, 0.5) is 0 Å². The van der Waals surface area contributed by atoms with Gasteiger partial charge in [0.1, 0.15) is 11.1 Å². The first-order valence-electron chi connectivity index (χ1n) is 9.66. The van der Waals surface area contributed by atoms with Crippen molar-refractivity contribution in [3.8, 4) is 5.69 Å². The number of methoxy groups -OCH3 is 1. The summed E-state index contributed by atoms with van der Waals surface area (Å²) in [4.78, 5) is 11.5. The van der Waals surface area contributed by atoms with Gasteiger partial charge in [0.25, 0.3) is 0 Å². The lowest BCUT2D eigenvalue weighted by Gasteiger charge is -2.21. The van der Waals surface area contributed by atoms with Crippen LogP contribution in [0, 0.1) is 0 Å². The molecule has 0 aliphatic carbocycles. The van der Waals surface area contributed by atoms with Gasteiger partial charge in [-0.1, -0.05) is 18.2 Å². The minimum Gasteiger partial charge on any atom is -0.375 e. The van der Waals surface area contributed by atoms with Crippen LogP contribution in [0.3, 0.4) is 0 Å². The molecule has 1 atom stereocenters. The first-order chi connectivity index (χ1) is 14.1. The van der Waals surface area contributed by atoms with Crippen LogP contribution in [0.25, 0.3) is 5.69 Å². The predicted octanol–water partition coefficient (Wildman–Crippen LogP) is 3.63. The van der Waals surface area contributed by atoms with Gasteiger partial charge in [0, 0.05) is 37.8 Å². The van der Waals surface area contributed by atoms with E-state index in [1.807, 2.05) is 61.4 Å². The number of nitrogens with zero attached hydrogens (tertiary/aromatic N) is 5. The molecule has 0 aliphatic rings. The third kappa shape index (κ3) is 5.65. The minimum atomic E-state index is 0.0158. The SMILES string of the molecule is CCNC(=NCc1cnn(-c2ccccc2)c1)N(C)Cc1csc(C(C)OC)n1. The number of rotatable bonds is 8. The van der Waals surface area contributed by atoms with Crippen LogP contribution in [0.5, 0.6) is 0 Å². The summed E-state index contributed by atoms with van der Waals surface area (Å²) in [5.41, 5.74) is 3.11. The number of hydrogen-bond acceptors (Lipinski definition) is 5. The molecule has 0 saturated carbocycles. The summed E-state index contributed by atoms with van der Waals surface area (Å²) in [6.07, 6.45) is 3.89. The van der Waals surface area contributed by atoms with Crippen molar-refractivity contribution in [2.75, 3.05) is 20.7 Å². The summed E-state index contributed by atoms with van der Waals surface area (Å²) in [5, 5.41) is 10.9. The largest absolute Gasteiger partial charge is 0.375 e. The lowest BCUT2D eigenvalue weighted by molar-refractivity contribution is 0.119. The van der Waals surface area contributed by atoms with Crippen LogP contribution >= 0.6 is 11.3 Å². The van der Waals surface area contributed by atoms with E-state index in [9.17, 15) is 0 Å². The Kier molecular flexibility index (Phi) is 7.37. The summed E-state index contributed by atoms with van der Waals surface area (Å²) in [6.45, 7) is 6.12. The van der Waals surface area contributed by atoms with E-state index in [2.05, 4.69) is 32.6 Å². The molecular formula is C21H28N6OS. The zero-order chi connectivity index (χ0) is 20.6. The van der Waals surface area contributed by atoms with Gasteiger partial charge >= 0.3 is 0 Å². The number of para-hydroxylation sites is 1. The van der Waals surface area contributed by atoms with Crippen LogP contribution in [0.1, 0.15) is 36.2 Å². The molecule has 0 amide bonds. The van der Waals surface area contributed by atoms with E-state index in [1.165, 1.54) is 0 Å². The van der Waals surface area contributed by atoms with Crippen LogP contribution in [-0.2, 0) is 17.8 Å². The Labute approximate surface area is 176 Å². The molecule has 3 aromatic rings. The quantitative estimate of drug-likeness (QED) is 0.452. The van der Waals surface area contributed by atoms with Gasteiger partial charge in [-0.25, -0.2) is 14.7 Å². The fourth-order valence-corrected chi connectivity index (χ4v) is 3.64. The molecule has 0 spiro atoms. The average molecular weight is 413 g/mol. The van der Waals surface area contributed by atoms with Crippen LogP contribution < -0.4 is 5.32 Å². The maximum Gasteiger partial charge on any atom is 0.194 e. The fraction of sp³-hybridized carbons (Fsp3) is 0.381. The summed E-state index contributed by atoms with van der Waals surface area (Å²) in [6, 6.07) is 10.1. The molecule has 29 heavy (non-hydrogen) atoms. The molecular weight excluding hydrogens is 384 g/mol. The number of nitrogens with one attached hydrogen (secondary N) is 1. The molecule has 7 nitrogen and oxygen atoms in total. The molecule has 8 heteroatoms. The lowest BCUT2D eigenvalue weighted by Crippen LogP contribution is -2.38. The van der Waals surface area contributed by atoms with Crippen LogP contribution in [0.15, 0.2) is 53.1 Å². The van der Waals surface area contributed by atoms with E-state index in [-0.39, 0.29) is 6.10 Å². The van der Waals surface area contributed by atoms with E-state index in [4.69, 9.17) is 9.73 Å². The smallest absolute Gasteiger partial charge is 0.194 e. The second-order valence-corrected chi connectivity index (χ2v) is 7.60. The number of aromatic nitrogens is 3. The molecule has 0 bridgehead atoms. The molecule has 0 radical (unpaired) electrons. The van der Waals surface area contributed by atoms with Crippen molar-refractivity contribution < 1.29 is 4.74 Å². The molecule has 0 fully saturated rings. The first kappa shape index (κ1) is 21.0. The first-order valence-corrected chi connectivity index (χ1v) is 10.5. The number of hydrogen-bond donors (Lipinski definition) is 1. The van der Waals surface area contributed by atoms with Gasteiger partial charge < -0.3 is 15.0 Å². The molecule has 2 heterocycles. The van der Waals surface area contributed by atoms with Crippen LogP contribution in [-0.4, -0.2) is 46.3 Å². The Morgan fingerprint density at radius 1 is 1.34 bits per heavy atom. The Bertz CT molecular complexity index is 920. The topological polar surface area (TPSA) is 67.6 Å². The highest BCUT2D eigenvalue weighted by Crippen LogP contribution is 2.21. The Morgan fingerprint density at radius 3 is 2.86 bits per heavy atom. The van der Waals surface area contributed by atoms with Crippen molar-refractivity contribution in [1.82, 2.24) is 25.0 Å². The lowest BCUT2D eigenvalue weighted by atomic mass is 10.3. The van der Waals surface area contributed by atoms with Gasteiger partial charge in [0.15, 0.2) is 5.96 Å². The van der Waals surface area contributed by atoms with Gasteiger partial charge in [-0.2, -0.15) is 5.10 Å². The normalized spacial score (nSPS) is 12.8. The van der Waals surface area contributed by atoms with Crippen molar-refractivity contribution in [1.29, 1.82) is 0 Å². The molecule has 1 aromatic carbocycles. The third-order valence-electron chi connectivity index (χ3n) is 4.43. The Balaban J connectivity index is 1.66. The Hall–Kier alpha value is -2.71. The van der Waals surface area contributed by atoms with Gasteiger partial charge in [0.2, 0.25) is 0 Å². The maximum absolute atomic E-state index is 5.35. The van der Waals surface area contributed by atoms with Crippen molar-refractivity contribution in [2.24, 2.45) is 4.99 Å². The van der Waals surface area contributed by atoms with E-state index >= 15 is 0 Å². The number of benzene rings is 1. The molecule has 3 rings (SSSR count). The monoisotopic (exact) mass is 412 g/mol. The van der Waals surface area contributed by atoms with Crippen molar-refractivity contribution >= 4 is 17.3 Å². The Morgan fingerprint density at radius 2 is 2.14 bits per heavy atom. The number of ether oxygens (including phenoxy) is 1. The zero-order valence-corrected chi connectivity index (χ0v) is 18.2. The zero-order valence-electron chi connectivity index (χ0n) is 17.4. The van der Waals surface area contributed by atoms with Crippen molar-refractivity contribution in [2.45, 2.75) is 33.0 Å². The van der Waals surface area contributed by atoms with Crippen molar-refractivity contribution in [3.63, 3.8) is 0 Å². The maximum atomic E-state index is 5.35. The molecule has 1 N–H and O–H groups in total.